The molecule has 25 heavy (non-hydrogen) atoms. The number of pyridine rings is 1. The summed E-state index contributed by atoms with van der Waals surface area (Å²) in [6.07, 6.45) is 1.31. The zero-order valence-corrected chi connectivity index (χ0v) is 15.0. The number of thiazole rings is 1. The number of rotatable bonds is 3. The molecule has 0 spiro atoms. The number of nitrogens with zero attached hydrogens (tertiary/aromatic N) is 3. The molecule has 0 radical (unpaired) electrons. The molecule has 3 rings (SSSR count). The zero-order chi connectivity index (χ0) is 18.0. The molecule has 0 aliphatic heterocycles. The maximum absolute atomic E-state index is 11.6. The normalized spacial score (nSPS) is 11.9. The highest BCUT2D eigenvalue weighted by molar-refractivity contribution is 7.20. The second-order valence-corrected chi connectivity index (χ2v) is 6.91. The fraction of sp³-hybridized carbons (Fsp3) is 0.188. The molecule has 0 unspecified atom stereocenters. The molecule has 0 aliphatic carbocycles. The van der Waals surface area contributed by atoms with Crippen LogP contribution in [0.15, 0.2) is 41.5 Å². The molecule has 2 aromatic heterocycles. The molecule has 1 aromatic carbocycles. The number of hydrogen-bond donors (Lipinski definition) is 2. The van der Waals surface area contributed by atoms with E-state index in [-0.39, 0.29) is 11.5 Å². The summed E-state index contributed by atoms with van der Waals surface area (Å²) < 4.78 is 7.27. The molecule has 0 aliphatic rings. The number of fused-ring (bicyclic) bond motifs is 1. The molecule has 2 amide bonds. The molecular formula is C16H15ClN4O3S. The molecule has 2 N–H and O–H groups in total. The van der Waals surface area contributed by atoms with Crippen molar-refractivity contribution in [3.05, 3.63) is 47.0 Å². The van der Waals surface area contributed by atoms with Gasteiger partial charge in [-0.05, 0) is 44.2 Å². The number of ether oxygens (including phenoxy) is 1. The van der Waals surface area contributed by atoms with E-state index in [1.807, 2.05) is 26.0 Å². The highest BCUT2D eigenvalue weighted by Gasteiger charge is 2.08. The summed E-state index contributed by atoms with van der Waals surface area (Å²) in [5, 5.41) is 13.6. The first-order valence-electron chi connectivity index (χ1n) is 7.42. The van der Waals surface area contributed by atoms with Gasteiger partial charge in [-0.2, -0.15) is 9.72 Å². The van der Waals surface area contributed by atoms with Crippen molar-refractivity contribution in [2.75, 3.05) is 0 Å². The van der Waals surface area contributed by atoms with Crippen LogP contribution in [0.3, 0.4) is 0 Å². The number of nitrogens with one attached hydrogen (secondary N) is 1. The van der Waals surface area contributed by atoms with Gasteiger partial charge in [0.1, 0.15) is 5.75 Å². The van der Waals surface area contributed by atoms with Crippen LogP contribution in [-0.4, -0.2) is 27.0 Å². The van der Waals surface area contributed by atoms with Crippen molar-refractivity contribution < 1.29 is 14.7 Å². The second-order valence-electron chi connectivity index (χ2n) is 5.48. The van der Waals surface area contributed by atoms with Gasteiger partial charge in [-0.15, -0.1) is 0 Å². The number of carbonyl (C=O) groups excluding carboxylic acids is 1. The van der Waals surface area contributed by atoms with E-state index in [9.17, 15) is 10.0 Å². The van der Waals surface area contributed by atoms with Gasteiger partial charge in [0.15, 0.2) is 5.49 Å². The van der Waals surface area contributed by atoms with Crippen LogP contribution < -0.4 is 15.5 Å². The molecule has 0 bridgehead atoms. The third-order valence-electron chi connectivity index (χ3n) is 3.05. The van der Waals surface area contributed by atoms with Crippen LogP contribution in [0.25, 0.3) is 10.2 Å². The van der Waals surface area contributed by atoms with E-state index in [0.717, 1.165) is 14.9 Å². The summed E-state index contributed by atoms with van der Waals surface area (Å²) in [5.74, 6) is 0.357. The maximum Gasteiger partial charge on any atom is 0.343 e. The molecule has 3 aromatic rings. The number of carbonyl (C=O) groups is 1. The van der Waals surface area contributed by atoms with E-state index in [4.69, 9.17) is 16.3 Å². The van der Waals surface area contributed by atoms with Gasteiger partial charge in [0.2, 0.25) is 0 Å². The van der Waals surface area contributed by atoms with E-state index in [2.05, 4.69) is 15.3 Å². The number of halogens is 1. The maximum atomic E-state index is 11.6. The SMILES string of the molecule is CC(C)NC(=O)N=c1ccc(Oc2nc3ccc(Cl)cc3s2)cn1O. The highest BCUT2D eigenvalue weighted by atomic mass is 35.5. The van der Waals surface area contributed by atoms with Gasteiger partial charge >= 0.3 is 6.03 Å². The van der Waals surface area contributed by atoms with Crippen molar-refractivity contribution in [2.45, 2.75) is 19.9 Å². The lowest BCUT2D eigenvalue weighted by Crippen LogP contribution is -2.30. The second kappa shape index (κ2) is 7.12. The van der Waals surface area contributed by atoms with Crippen molar-refractivity contribution in [1.82, 2.24) is 15.0 Å². The lowest BCUT2D eigenvalue weighted by atomic mass is 10.3. The molecule has 0 atom stereocenters. The number of amides is 2. The number of benzene rings is 1. The topological polar surface area (TPSA) is 88.7 Å². The zero-order valence-electron chi connectivity index (χ0n) is 13.4. The fourth-order valence-electron chi connectivity index (χ4n) is 2.02. The Morgan fingerprint density at radius 3 is 2.92 bits per heavy atom. The molecule has 7 nitrogen and oxygen atoms in total. The minimum atomic E-state index is -0.533. The first-order valence-corrected chi connectivity index (χ1v) is 8.61. The van der Waals surface area contributed by atoms with Crippen LogP contribution >= 0.6 is 22.9 Å². The minimum Gasteiger partial charge on any atom is -0.429 e. The van der Waals surface area contributed by atoms with Crippen molar-refractivity contribution >= 4 is 39.2 Å². The van der Waals surface area contributed by atoms with E-state index in [1.54, 1.807) is 12.1 Å². The monoisotopic (exact) mass is 378 g/mol. The molecule has 130 valence electrons. The van der Waals surface area contributed by atoms with Gasteiger partial charge in [0.25, 0.3) is 5.19 Å². The number of aromatic nitrogens is 2. The van der Waals surface area contributed by atoms with Gasteiger partial charge in [0.05, 0.1) is 16.4 Å². The predicted molar refractivity (Wildman–Crippen MR) is 95.6 cm³/mol. The fourth-order valence-corrected chi connectivity index (χ4v) is 3.13. The van der Waals surface area contributed by atoms with Gasteiger partial charge < -0.3 is 15.3 Å². The van der Waals surface area contributed by atoms with Crippen LogP contribution in [0.5, 0.6) is 10.9 Å². The molecule has 9 heteroatoms. The van der Waals surface area contributed by atoms with Crippen molar-refractivity contribution in [3.63, 3.8) is 0 Å². The molecular weight excluding hydrogens is 364 g/mol. The third kappa shape index (κ3) is 4.28. The van der Waals surface area contributed by atoms with Gasteiger partial charge in [-0.3, -0.25) is 0 Å². The van der Waals surface area contributed by atoms with Gasteiger partial charge in [-0.25, -0.2) is 9.78 Å². The van der Waals surface area contributed by atoms with Crippen LogP contribution in [-0.2, 0) is 0 Å². The van der Waals surface area contributed by atoms with Gasteiger partial charge in [-0.1, -0.05) is 22.9 Å². The van der Waals surface area contributed by atoms with Crippen molar-refractivity contribution in [2.24, 2.45) is 4.99 Å². The van der Waals surface area contributed by atoms with Crippen LogP contribution in [0.1, 0.15) is 13.8 Å². The summed E-state index contributed by atoms with van der Waals surface area (Å²) in [5.41, 5.74) is 0.861. The number of hydrogen-bond acceptors (Lipinski definition) is 5. The standard InChI is InChI=1S/C16H15ClN4O3S/c1-9(2)18-15(22)20-14-6-4-11(8-21(14)23)24-16-19-12-5-3-10(17)7-13(12)25-16/h3-9,23H,1-2H3,(H,18,22). The van der Waals surface area contributed by atoms with Crippen molar-refractivity contribution in [3.8, 4) is 10.9 Å². The summed E-state index contributed by atoms with van der Waals surface area (Å²) in [7, 11) is 0. The smallest absolute Gasteiger partial charge is 0.343 e. The van der Waals surface area contributed by atoms with Crippen LogP contribution in [0, 0.1) is 0 Å². The lowest BCUT2D eigenvalue weighted by Gasteiger charge is -2.05. The highest BCUT2D eigenvalue weighted by Crippen LogP contribution is 2.32. The summed E-state index contributed by atoms with van der Waals surface area (Å²) in [6.45, 7) is 3.64. The quantitative estimate of drug-likeness (QED) is 0.678. The Bertz CT molecular complexity index is 996. The molecule has 2 heterocycles. The minimum absolute atomic E-state index is 0.0430. The molecule has 0 saturated carbocycles. The van der Waals surface area contributed by atoms with E-state index < -0.39 is 6.03 Å². The average molecular weight is 379 g/mol. The summed E-state index contributed by atoms with van der Waals surface area (Å²) in [4.78, 5) is 19.7. The van der Waals surface area contributed by atoms with Crippen LogP contribution in [0.4, 0.5) is 4.79 Å². The first kappa shape index (κ1) is 17.2. The molecule has 0 saturated heterocycles. The number of urea groups is 1. The van der Waals surface area contributed by atoms with Crippen LogP contribution in [0.2, 0.25) is 5.02 Å². The Labute approximate surface area is 152 Å². The predicted octanol–water partition coefficient (Wildman–Crippen LogP) is 3.80. The average Bonchev–Trinajstić information content (AvgIpc) is 2.90. The Balaban J connectivity index is 1.82. The summed E-state index contributed by atoms with van der Waals surface area (Å²) in [6, 6.07) is 7.86. The van der Waals surface area contributed by atoms with E-state index in [0.29, 0.717) is 16.0 Å². The van der Waals surface area contributed by atoms with E-state index >= 15 is 0 Å². The van der Waals surface area contributed by atoms with Crippen molar-refractivity contribution in [1.29, 1.82) is 0 Å². The first-order chi connectivity index (χ1) is 11.9. The lowest BCUT2D eigenvalue weighted by molar-refractivity contribution is 0.168. The Morgan fingerprint density at radius 1 is 1.40 bits per heavy atom. The largest absolute Gasteiger partial charge is 0.429 e. The Kier molecular flexibility index (Phi) is 4.91. The Morgan fingerprint density at radius 2 is 2.20 bits per heavy atom. The molecule has 0 fully saturated rings. The van der Waals surface area contributed by atoms with E-state index in [1.165, 1.54) is 23.6 Å². The van der Waals surface area contributed by atoms with Gasteiger partial charge in [0, 0.05) is 11.1 Å². The summed E-state index contributed by atoms with van der Waals surface area (Å²) >= 11 is 7.30. The third-order valence-corrected chi connectivity index (χ3v) is 4.18. The Hall–Kier alpha value is -2.58.